The predicted octanol–water partition coefficient (Wildman–Crippen LogP) is 10.1. The quantitative estimate of drug-likeness (QED) is 0.0766. The van der Waals surface area contributed by atoms with Gasteiger partial charge >= 0.3 is 0 Å². The highest BCUT2D eigenvalue weighted by atomic mass is 16.4. The molecule has 0 unspecified atom stereocenters. The van der Waals surface area contributed by atoms with Crippen LogP contribution in [0.4, 0.5) is 0 Å². The monoisotopic (exact) mass is 730 g/mol. The molecular weight excluding hydrogens is 681 g/mol. The third-order valence-electron chi connectivity index (χ3n) is 10.4. The zero-order valence-electron chi connectivity index (χ0n) is 31.3. The second-order valence-electron chi connectivity index (χ2n) is 13.5. The zero-order valence-corrected chi connectivity index (χ0v) is 31.3. The Balaban J connectivity index is 0.000000137. The van der Waals surface area contributed by atoms with Crippen molar-refractivity contribution in [2.45, 2.75) is 64.2 Å². The zero-order chi connectivity index (χ0) is 39.0. The number of carbonyl (C=O) groups is 1. The molecule has 4 aromatic carbocycles. The Hall–Kier alpha value is -6.20. The summed E-state index contributed by atoms with van der Waals surface area (Å²) in [6.45, 7) is 3.85. The Bertz CT molecular complexity index is 2240. The predicted molar refractivity (Wildman–Crippen MR) is 225 cm³/mol. The number of oxime groups is 1. The molecule has 5 N–H and O–H groups in total. The van der Waals surface area contributed by atoms with Crippen LogP contribution in [0.15, 0.2) is 133 Å². The summed E-state index contributed by atoms with van der Waals surface area (Å²) in [4.78, 5) is 14.6. The number of H-pyrrole nitrogens is 1. The van der Waals surface area contributed by atoms with E-state index < -0.39 is 0 Å². The number of rotatable bonds is 1. The number of nitrogens with two attached hydrogens (primary N) is 1. The van der Waals surface area contributed by atoms with Gasteiger partial charge in [-0.3, -0.25) is 4.79 Å². The lowest BCUT2D eigenvalue weighted by atomic mass is 9.90. The topological polar surface area (TPSA) is 117 Å². The van der Waals surface area contributed by atoms with Crippen LogP contribution in [0.1, 0.15) is 75.0 Å². The van der Waals surface area contributed by atoms with Gasteiger partial charge in [-0.15, -0.1) is 12.8 Å². The molecule has 6 aromatic rings. The summed E-state index contributed by atoms with van der Waals surface area (Å²) < 4.78 is 2.12. The minimum Gasteiger partial charge on any atom is -0.411 e. The number of carbonyl (C=O) groups excluding carboxylic acids is 1. The van der Waals surface area contributed by atoms with Gasteiger partial charge in [0, 0.05) is 53.0 Å². The summed E-state index contributed by atoms with van der Waals surface area (Å²) in [5, 5.41) is 18.5. The van der Waals surface area contributed by atoms with Crippen LogP contribution >= 0.6 is 0 Å². The largest absolute Gasteiger partial charge is 0.411 e. The minimum absolute atomic E-state index is 0.312. The molecule has 0 saturated carbocycles. The van der Waals surface area contributed by atoms with Crippen molar-refractivity contribution in [2.24, 2.45) is 11.1 Å². The smallest absolute Gasteiger partial charge is 0.163 e. The van der Waals surface area contributed by atoms with Crippen LogP contribution in [0.3, 0.4) is 0 Å². The van der Waals surface area contributed by atoms with Crippen molar-refractivity contribution in [3.63, 3.8) is 0 Å². The molecule has 280 valence electrons. The number of hydrogen-bond donors (Lipinski definition) is 4. The Morgan fingerprint density at radius 3 is 1.71 bits per heavy atom. The van der Waals surface area contributed by atoms with Crippen molar-refractivity contribution in [1.29, 1.82) is 0 Å². The van der Waals surface area contributed by atoms with Crippen LogP contribution < -0.4 is 5.90 Å². The molecule has 2 aromatic heterocycles. The van der Waals surface area contributed by atoms with E-state index in [1.165, 1.54) is 68.7 Å². The number of fused-ring (bicyclic) bond motifs is 8. The van der Waals surface area contributed by atoms with Gasteiger partial charge in [-0.05, 0) is 103 Å². The van der Waals surface area contributed by atoms with Gasteiger partial charge in [-0.1, -0.05) is 109 Å². The molecule has 4 aliphatic rings. The Labute approximate surface area is 324 Å². The third-order valence-corrected chi connectivity index (χ3v) is 10.4. The van der Waals surface area contributed by atoms with Crippen molar-refractivity contribution < 1.29 is 15.2 Å². The number of nitrogens with one attached hydrogen (secondary N) is 1. The summed E-state index contributed by atoms with van der Waals surface area (Å²) in [5.41, 5.74) is 16.6. The summed E-state index contributed by atoms with van der Waals surface area (Å²) in [6, 6.07) is 37.7. The number of Topliss-reactive ketones (excluding diaryl/α,β-unsaturated/α-hetero) is 1. The van der Waals surface area contributed by atoms with Crippen molar-refractivity contribution in [1.82, 2.24) is 9.55 Å². The van der Waals surface area contributed by atoms with Crippen LogP contribution in [0, 0.1) is 12.8 Å². The van der Waals surface area contributed by atoms with Crippen molar-refractivity contribution >= 4 is 17.7 Å². The number of benzene rings is 4. The molecule has 0 spiro atoms. The molecule has 7 nitrogen and oxygen atoms in total. The van der Waals surface area contributed by atoms with Gasteiger partial charge in [-0.25, -0.2) is 5.90 Å². The summed E-state index contributed by atoms with van der Waals surface area (Å²) >= 11 is 0. The van der Waals surface area contributed by atoms with E-state index in [0.29, 0.717) is 5.78 Å². The lowest BCUT2D eigenvalue weighted by Crippen LogP contribution is -2.11. The van der Waals surface area contributed by atoms with Crippen LogP contribution in [0.2, 0.25) is 0 Å². The molecular formula is C48H50N4O3. The first-order valence-corrected chi connectivity index (χ1v) is 18.8. The maximum absolute atomic E-state index is 11.3. The first kappa shape index (κ1) is 40.0. The summed E-state index contributed by atoms with van der Waals surface area (Å²) in [6.07, 6.45) is 24.6. The first-order valence-electron chi connectivity index (χ1n) is 18.8. The molecule has 0 amide bonds. The Morgan fingerprint density at radius 2 is 1.09 bits per heavy atom. The number of aromatic nitrogens is 2. The molecule has 0 bridgehead atoms. The van der Waals surface area contributed by atoms with Gasteiger partial charge in [0.1, 0.15) is 0 Å². The van der Waals surface area contributed by atoms with Gasteiger partial charge in [0.15, 0.2) is 5.78 Å². The first-order chi connectivity index (χ1) is 27.1. The Kier molecular flexibility index (Phi) is 14.8. The third kappa shape index (κ3) is 9.49. The van der Waals surface area contributed by atoms with Crippen molar-refractivity contribution in [3.8, 4) is 35.4 Å². The minimum atomic E-state index is 0.312. The fourth-order valence-corrected chi connectivity index (χ4v) is 7.80. The van der Waals surface area contributed by atoms with E-state index in [9.17, 15) is 4.79 Å². The highest BCUT2D eigenvalue weighted by Gasteiger charge is 2.19. The van der Waals surface area contributed by atoms with Gasteiger partial charge in [0.25, 0.3) is 0 Å². The summed E-state index contributed by atoms with van der Waals surface area (Å²) in [5.74, 6) is 3.81. The van der Waals surface area contributed by atoms with E-state index in [1.54, 1.807) is 0 Å². The standard InChI is InChI=1S/C14H13N.C12H11N.C10H11NO.C10H10O.C2H2.H3NO/c1-2-15-10-9-12-8-7-11-5-3-4-6-13(11)14(12)15;1-2-4-11-9(3-1)5-6-10-7-8-13-12(10)11;12-11-10-7-3-5-8-4-1-2-6-9(8)10;11-10-7-3-5-8-4-1-2-6-9(8)10;2*1-2/h2-6,9-10H,1,7-8H2;1-4,7-8,13H,5-6H2;1-2,4,6,12H,3,5,7H2;1-2,4,6H,3,5,7H2;1-2H;2H,1H2/b;;11-10+;;;. The molecule has 0 radical (unpaired) electrons. The van der Waals surface area contributed by atoms with E-state index in [0.717, 1.165) is 68.2 Å². The maximum atomic E-state index is 11.3. The molecule has 4 aliphatic carbocycles. The van der Waals surface area contributed by atoms with Crippen molar-refractivity contribution in [2.75, 3.05) is 0 Å². The summed E-state index contributed by atoms with van der Waals surface area (Å²) in [7, 11) is 0. The molecule has 10 rings (SSSR count). The molecule has 7 heteroatoms. The van der Waals surface area contributed by atoms with E-state index in [2.05, 4.69) is 113 Å². The molecule has 0 atom stereocenters. The van der Waals surface area contributed by atoms with E-state index in [-0.39, 0.29) is 0 Å². The second-order valence-corrected chi connectivity index (χ2v) is 13.5. The fourth-order valence-electron chi connectivity index (χ4n) is 7.80. The van der Waals surface area contributed by atoms with Crippen LogP contribution in [-0.2, 0) is 38.5 Å². The van der Waals surface area contributed by atoms with Gasteiger partial charge in [0.05, 0.1) is 11.4 Å². The molecule has 0 saturated heterocycles. The molecule has 2 heterocycles. The molecule has 0 fully saturated rings. The lowest BCUT2D eigenvalue weighted by molar-refractivity contribution is 0.0972. The Morgan fingerprint density at radius 1 is 0.600 bits per heavy atom. The number of terminal acetylenes is 1. The normalized spacial score (nSPS) is 14.3. The van der Waals surface area contributed by atoms with Gasteiger partial charge in [0.2, 0.25) is 0 Å². The highest BCUT2D eigenvalue weighted by molar-refractivity contribution is 6.02. The molecule has 55 heavy (non-hydrogen) atoms. The molecule has 0 aliphatic heterocycles. The number of hydrogen-bond acceptors (Lipinski definition) is 5. The number of aryl methyl sites for hydroxylation is 6. The SMILES string of the molecule is C#C.C=Cn1ccc2c1-c1ccccc1CC2.NO.O/N=C1\CCCc2ccccc21.O=C1CCCc2ccccc21.c1ccc2c(c1)CCc1cc[nH]c1-2. The van der Waals surface area contributed by atoms with Crippen LogP contribution in [-0.4, -0.2) is 31.5 Å². The maximum Gasteiger partial charge on any atom is 0.163 e. The second kappa shape index (κ2) is 20.3. The number of aromatic amines is 1. The lowest BCUT2D eigenvalue weighted by Gasteiger charge is -2.18. The van der Waals surface area contributed by atoms with Crippen LogP contribution in [0.25, 0.3) is 28.7 Å². The fraction of sp³-hybridized carbons (Fsp3) is 0.208. The van der Waals surface area contributed by atoms with Crippen LogP contribution in [0.5, 0.6) is 0 Å². The van der Waals surface area contributed by atoms with Gasteiger partial charge < -0.3 is 20.0 Å². The van der Waals surface area contributed by atoms with E-state index in [1.807, 2.05) is 54.9 Å². The van der Waals surface area contributed by atoms with Gasteiger partial charge in [-0.2, -0.15) is 0 Å². The number of nitrogens with zero attached hydrogens (tertiary/aromatic N) is 2. The van der Waals surface area contributed by atoms with E-state index in [4.69, 9.17) is 10.4 Å². The van der Waals surface area contributed by atoms with E-state index >= 15 is 0 Å². The average molecular weight is 731 g/mol. The number of ketones is 1. The highest BCUT2D eigenvalue weighted by Crippen LogP contribution is 2.34. The average Bonchev–Trinajstić information content (AvgIpc) is 3.94. The van der Waals surface area contributed by atoms with Crippen molar-refractivity contribution in [3.05, 3.63) is 173 Å².